The van der Waals surface area contributed by atoms with Crippen molar-refractivity contribution in [1.29, 1.82) is 0 Å². The van der Waals surface area contributed by atoms with Crippen molar-refractivity contribution in [2.45, 2.75) is 12.1 Å². The van der Waals surface area contributed by atoms with E-state index in [9.17, 15) is 9.18 Å². The highest BCUT2D eigenvalue weighted by molar-refractivity contribution is 7.99. The van der Waals surface area contributed by atoms with Crippen molar-refractivity contribution in [2.24, 2.45) is 7.05 Å². The molecule has 3 aromatic rings. The molecule has 0 fully saturated rings. The van der Waals surface area contributed by atoms with E-state index in [1.807, 2.05) is 0 Å². The van der Waals surface area contributed by atoms with E-state index in [4.69, 9.17) is 0 Å². The fraction of sp³-hybridized carbons (Fsp3) is 0.308. The van der Waals surface area contributed by atoms with Crippen molar-refractivity contribution in [2.75, 3.05) is 12.3 Å². The zero-order valence-corrected chi connectivity index (χ0v) is 13.3. The number of pyridine rings is 1. The molecule has 23 heavy (non-hydrogen) atoms. The monoisotopic (exact) mass is 335 g/mol. The topological polar surface area (TPSA) is 90.0 Å². The number of aryl methyl sites for hydroxylation is 2. The van der Waals surface area contributed by atoms with Crippen molar-refractivity contribution < 1.29 is 9.18 Å². The Morgan fingerprint density at radius 3 is 2.96 bits per heavy atom. The molecular weight excluding hydrogens is 321 g/mol. The Hall–Kier alpha value is -2.49. The number of tetrazole rings is 1. The number of rotatable bonds is 5. The number of hydrogen-bond donors (Lipinski definition) is 1. The molecule has 0 radical (unpaired) electrons. The molecule has 0 aliphatic rings. The zero-order chi connectivity index (χ0) is 16.4. The molecule has 0 saturated heterocycles. The predicted octanol–water partition coefficient (Wildman–Crippen LogP) is 0.827. The van der Waals surface area contributed by atoms with E-state index in [1.165, 1.54) is 20.8 Å². The molecule has 0 aromatic carbocycles. The summed E-state index contributed by atoms with van der Waals surface area (Å²) in [6.45, 7) is 2.10. The number of thioether (sulfide) groups is 1. The van der Waals surface area contributed by atoms with Gasteiger partial charge in [-0.05, 0) is 29.5 Å². The number of fused-ring (bicyclic) bond motifs is 1. The van der Waals surface area contributed by atoms with Crippen LogP contribution >= 0.6 is 11.8 Å². The molecule has 120 valence electrons. The van der Waals surface area contributed by atoms with Crippen LogP contribution in [-0.2, 0) is 7.05 Å². The van der Waals surface area contributed by atoms with Gasteiger partial charge in [0.15, 0.2) is 5.69 Å². The standard InChI is InChI=1S/C13H14FN7OS/c1-8-4-3-5-9-16-10(11(14)21(8)9)12(22)15-6-7-23-13-17-18-19-20(13)2/h3-5H,6-7H2,1-2H3,(H,15,22). The smallest absolute Gasteiger partial charge is 0.274 e. The van der Waals surface area contributed by atoms with Crippen LogP contribution in [0.1, 0.15) is 16.2 Å². The van der Waals surface area contributed by atoms with Gasteiger partial charge in [0.2, 0.25) is 11.1 Å². The Bertz CT molecular complexity index is 859. The van der Waals surface area contributed by atoms with Crippen molar-refractivity contribution in [1.82, 2.24) is 34.9 Å². The number of hydrogen-bond acceptors (Lipinski definition) is 6. The molecule has 0 saturated carbocycles. The summed E-state index contributed by atoms with van der Waals surface area (Å²) in [5, 5.41) is 14.3. The zero-order valence-electron chi connectivity index (χ0n) is 12.5. The van der Waals surface area contributed by atoms with Crippen molar-refractivity contribution in [3.63, 3.8) is 0 Å². The average Bonchev–Trinajstić information content (AvgIpc) is 3.08. The molecule has 3 heterocycles. The maximum absolute atomic E-state index is 14.3. The highest BCUT2D eigenvalue weighted by Crippen LogP contribution is 2.14. The van der Waals surface area contributed by atoms with Crippen LogP contribution in [0.4, 0.5) is 4.39 Å². The Labute approximate surface area is 135 Å². The van der Waals surface area contributed by atoms with Gasteiger partial charge in [-0.25, -0.2) is 9.67 Å². The number of amides is 1. The first-order valence-electron chi connectivity index (χ1n) is 6.85. The second kappa shape index (κ2) is 6.32. The molecule has 0 unspecified atom stereocenters. The van der Waals surface area contributed by atoms with Crippen LogP contribution in [0.2, 0.25) is 0 Å². The minimum atomic E-state index is -0.652. The van der Waals surface area contributed by atoms with Gasteiger partial charge < -0.3 is 5.32 Å². The van der Waals surface area contributed by atoms with E-state index in [0.29, 0.717) is 28.8 Å². The van der Waals surface area contributed by atoms with Gasteiger partial charge in [0.1, 0.15) is 5.65 Å². The molecular formula is C13H14FN7OS. The third-order valence-electron chi connectivity index (χ3n) is 3.20. The molecule has 0 aliphatic carbocycles. The van der Waals surface area contributed by atoms with E-state index in [-0.39, 0.29) is 5.69 Å². The second-order valence-corrected chi connectivity index (χ2v) is 5.86. The van der Waals surface area contributed by atoms with Gasteiger partial charge in [-0.2, -0.15) is 4.39 Å². The van der Waals surface area contributed by atoms with Crippen LogP contribution in [0.5, 0.6) is 0 Å². The third-order valence-corrected chi connectivity index (χ3v) is 4.21. The average molecular weight is 335 g/mol. The molecule has 3 rings (SSSR count). The minimum Gasteiger partial charge on any atom is -0.350 e. The number of imidazole rings is 1. The summed E-state index contributed by atoms with van der Waals surface area (Å²) in [6, 6.07) is 5.18. The van der Waals surface area contributed by atoms with Gasteiger partial charge in [0, 0.05) is 25.0 Å². The Morgan fingerprint density at radius 2 is 2.26 bits per heavy atom. The quantitative estimate of drug-likeness (QED) is 0.549. The first-order chi connectivity index (χ1) is 11.1. The van der Waals surface area contributed by atoms with E-state index in [1.54, 1.807) is 32.2 Å². The fourth-order valence-corrected chi connectivity index (χ4v) is 2.80. The largest absolute Gasteiger partial charge is 0.350 e. The number of aromatic nitrogens is 6. The number of nitrogens with zero attached hydrogens (tertiary/aromatic N) is 6. The van der Waals surface area contributed by atoms with Crippen LogP contribution in [0.25, 0.3) is 5.65 Å². The first kappa shape index (κ1) is 15.4. The molecule has 10 heteroatoms. The Balaban J connectivity index is 1.64. The molecule has 3 aromatic heterocycles. The summed E-state index contributed by atoms with van der Waals surface area (Å²) in [5.74, 6) is -0.628. The molecule has 0 spiro atoms. The van der Waals surface area contributed by atoms with Crippen LogP contribution in [0.15, 0.2) is 23.4 Å². The summed E-state index contributed by atoms with van der Waals surface area (Å²) in [5.41, 5.74) is 0.883. The van der Waals surface area contributed by atoms with Crippen molar-refractivity contribution in [3.05, 3.63) is 35.5 Å². The normalized spacial score (nSPS) is 11.1. The number of carbonyl (C=O) groups excluding carboxylic acids is 1. The van der Waals surface area contributed by atoms with Crippen molar-refractivity contribution >= 4 is 23.3 Å². The summed E-state index contributed by atoms with van der Waals surface area (Å²) in [7, 11) is 1.73. The number of carbonyl (C=O) groups is 1. The van der Waals surface area contributed by atoms with E-state index < -0.39 is 11.9 Å². The van der Waals surface area contributed by atoms with Gasteiger partial charge in [0.05, 0.1) is 0 Å². The van der Waals surface area contributed by atoms with Crippen molar-refractivity contribution in [3.8, 4) is 0 Å². The van der Waals surface area contributed by atoms with Crippen LogP contribution in [0.3, 0.4) is 0 Å². The lowest BCUT2D eigenvalue weighted by Gasteiger charge is -2.02. The number of nitrogens with one attached hydrogen (secondary N) is 1. The van der Waals surface area contributed by atoms with Gasteiger partial charge in [-0.15, -0.1) is 5.10 Å². The highest BCUT2D eigenvalue weighted by Gasteiger charge is 2.19. The van der Waals surface area contributed by atoms with Gasteiger partial charge >= 0.3 is 0 Å². The van der Waals surface area contributed by atoms with Gasteiger partial charge in [-0.3, -0.25) is 9.20 Å². The molecule has 1 N–H and O–H groups in total. The Kier molecular flexibility index (Phi) is 4.24. The Morgan fingerprint density at radius 1 is 1.43 bits per heavy atom. The summed E-state index contributed by atoms with van der Waals surface area (Å²) in [6.07, 6.45) is 0. The fourth-order valence-electron chi connectivity index (χ4n) is 2.09. The lowest BCUT2D eigenvalue weighted by atomic mass is 10.4. The van der Waals surface area contributed by atoms with E-state index in [2.05, 4.69) is 25.8 Å². The maximum Gasteiger partial charge on any atom is 0.274 e. The number of halogens is 1. The molecule has 8 nitrogen and oxygen atoms in total. The summed E-state index contributed by atoms with van der Waals surface area (Å²) >= 11 is 1.40. The minimum absolute atomic E-state index is 0.204. The van der Waals surface area contributed by atoms with Crippen LogP contribution in [-0.4, -0.2) is 47.8 Å². The highest BCUT2D eigenvalue weighted by atomic mass is 32.2. The first-order valence-corrected chi connectivity index (χ1v) is 7.83. The molecule has 0 atom stereocenters. The van der Waals surface area contributed by atoms with Gasteiger partial charge in [0.25, 0.3) is 5.91 Å². The lowest BCUT2D eigenvalue weighted by molar-refractivity contribution is 0.0947. The van der Waals surface area contributed by atoms with E-state index in [0.717, 1.165) is 0 Å². The lowest BCUT2D eigenvalue weighted by Crippen LogP contribution is -2.27. The predicted molar refractivity (Wildman–Crippen MR) is 81.7 cm³/mol. The summed E-state index contributed by atoms with van der Waals surface area (Å²) in [4.78, 5) is 16.1. The SMILES string of the molecule is Cc1cccc2nc(C(=O)NCCSc3nnnn3C)c(F)n12. The van der Waals surface area contributed by atoms with Gasteiger partial charge in [-0.1, -0.05) is 17.8 Å². The maximum atomic E-state index is 14.3. The van der Waals surface area contributed by atoms with E-state index >= 15 is 0 Å². The summed E-state index contributed by atoms with van der Waals surface area (Å²) < 4.78 is 17.2. The third kappa shape index (κ3) is 3.02. The molecule has 0 aliphatic heterocycles. The second-order valence-electron chi connectivity index (χ2n) is 4.80. The van der Waals surface area contributed by atoms with Crippen LogP contribution < -0.4 is 5.32 Å². The molecule has 0 bridgehead atoms. The van der Waals surface area contributed by atoms with Crippen LogP contribution in [0, 0.1) is 12.9 Å². The molecule has 1 amide bonds.